The molecule has 0 unspecified atom stereocenters. The van der Waals surface area contributed by atoms with E-state index in [0.717, 1.165) is 6.42 Å². The van der Waals surface area contributed by atoms with Gasteiger partial charge in [0.25, 0.3) is 0 Å². The van der Waals surface area contributed by atoms with Crippen LogP contribution in [-0.2, 0) is 0 Å². The third-order valence-corrected chi connectivity index (χ3v) is 0.655. The van der Waals surface area contributed by atoms with Crippen LogP contribution in [0.5, 0.6) is 0 Å². The molecule has 1 rings (SSSR count). The van der Waals surface area contributed by atoms with Crippen LogP contribution in [0.15, 0.2) is 24.3 Å². The quantitative estimate of drug-likeness (QED) is 0.641. The second-order valence-electron chi connectivity index (χ2n) is 1.31. The number of allylic oxidation sites excluding steroid dienone is 4. The molecule has 0 aliphatic heterocycles. The zero-order chi connectivity index (χ0) is 7.11. The molecule has 0 bridgehead atoms. The van der Waals surface area contributed by atoms with E-state index in [4.69, 9.17) is 16.9 Å². The van der Waals surface area contributed by atoms with E-state index in [1.165, 1.54) is 0 Å². The summed E-state index contributed by atoms with van der Waals surface area (Å²) in [5.74, 6) is 0. The third-order valence-electron chi connectivity index (χ3n) is 0.655. The summed E-state index contributed by atoms with van der Waals surface area (Å²) in [6.45, 7) is 0. The van der Waals surface area contributed by atoms with E-state index in [2.05, 4.69) is 24.3 Å². The van der Waals surface area contributed by atoms with E-state index >= 15 is 0 Å². The van der Waals surface area contributed by atoms with Crippen molar-refractivity contribution < 1.29 is 30.7 Å². The zero-order valence-electron chi connectivity index (χ0n) is 4.65. The van der Waals surface area contributed by atoms with Crippen molar-refractivity contribution in [2.45, 2.75) is 6.42 Å². The summed E-state index contributed by atoms with van der Waals surface area (Å²) in [5, 5.41) is 0. The van der Waals surface area contributed by atoms with Gasteiger partial charge in [0.2, 0.25) is 0 Å². The Labute approximate surface area is 76.7 Å². The number of rotatable bonds is 0. The van der Waals surface area contributed by atoms with Gasteiger partial charge in [0.15, 0.2) is 0 Å². The summed E-state index contributed by atoms with van der Waals surface area (Å²) in [6, 6.07) is 0. The van der Waals surface area contributed by atoms with Crippen LogP contribution in [0.25, 0.3) is 0 Å². The topological polar surface area (TPSA) is 0 Å². The van der Waals surface area contributed by atoms with Crippen molar-refractivity contribution >= 4 is 16.9 Å². The zero-order valence-corrected chi connectivity index (χ0v) is 10.1. The van der Waals surface area contributed by atoms with Crippen molar-refractivity contribution in [2.24, 2.45) is 0 Å². The summed E-state index contributed by atoms with van der Waals surface area (Å²) in [5.41, 5.74) is 15.1. The normalized spacial score (nSPS) is 12.8. The summed E-state index contributed by atoms with van der Waals surface area (Å²) >= 11 is -2.24. The minimum absolute atomic E-state index is 1.14. The van der Waals surface area contributed by atoms with Gasteiger partial charge in [-0.1, -0.05) is 24.3 Å². The van der Waals surface area contributed by atoms with Gasteiger partial charge < -0.3 is 0 Å². The Kier molecular flexibility index (Phi) is 9.33. The molecule has 0 saturated carbocycles. The molecule has 51 valence electrons. The van der Waals surface area contributed by atoms with Gasteiger partial charge in [-0.3, -0.25) is 0 Å². The Balaban J connectivity index is 0.000000148. The van der Waals surface area contributed by atoms with Crippen molar-refractivity contribution in [3.8, 4) is 0 Å². The average molecular weight is 313 g/mol. The van der Waals surface area contributed by atoms with E-state index in [0.29, 0.717) is 0 Å². The molecule has 1 aliphatic rings. The van der Waals surface area contributed by atoms with Gasteiger partial charge in [-0.25, -0.2) is 0 Å². The molecule has 1 aliphatic carbocycles. The van der Waals surface area contributed by atoms with E-state index in [9.17, 15) is 0 Å². The molecular weight excluding hydrogens is 307 g/mol. The van der Waals surface area contributed by atoms with Crippen LogP contribution < -0.4 is 0 Å². The summed E-state index contributed by atoms with van der Waals surface area (Å²) in [7, 11) is 0. The SMILES string of the molecule is C1=CCC=C1.[Cl][Ce]([Cl])[Cl]. The van der Waals surface area contributed by atoms with Crippen LogP contribution in [0.3, 0.4) is 0 Å². The monoisotopic (exact) mass is 311 g/mol. The first-order valence-electron chi connectivity index (χ1n) is 2.38. The Morgan fingerprint density at radius 1 is 1.00 bits per heavy atom. The van der Waals surface area contributed by atoms with Crippen LogP contribution in [0, 0.1) is 30.7 Å². The first-order valence-corrected chi connectivity index (χ1v) is 14.2. The number of halogens is 3. The molecule has 0 heterocycles. The Morgan fingerprint density at radius 3 is 1.44 bits per heavy atom. The van der Waals surface area contributed by atoms with Gasteiger partial charge in [0, 0.05) is 0 Å². The van der Waals surface area contributed by atoms with Crippen LogP contribution in [0.2, 0.25) is 0 Å². The van der Waals surface area contributed by atoms with Crippen molar-refractivity contribution in [3.63, 3.8) is 0 Å². The first-order chi connectivity index (χ1) is 4.23. The molecule has 0 aromatic rings. The third kappa shape index (κ3) is 12.8. The Hall–Kier alpha value is 1.73. The van der Waals surface area contributed by atoms with Crippen molar-refractivity contribution in [1.29, 1.82) is 0 Å². The van der Waals surface area contributed by atoms with E-state index < -0.39 is 30.7 Å². The molecule has 0 atom stereocenters. The maximum atomic E-state index is 5.02. The minimum atomic E-state index is -2.24. The summed E-state index contributed by atoms with van der Waals surface area (Å²) < 4.78 is 0. The molecule has 0 N–H and O–H groups in total. The second kappa shape index (κ2) is 7.83. The van der Waals surface area contributed by atoms with Crippen LogP contribution in [0.4, 0.5) is 0 Å². The van der Waals surface area contributed by atoms with Gasteiger partial charge >= 0.3 is 47.6 Å². The standard InChI is InChI=1S/C5H6.Ce.3ClH/c1-2-4-5-3-1;;;;/h1-4H,5H2;;3*1H/q;+3;;;/p-3. The van der Waals surface area contributed by atoms with E-state index in [-0.39, 0.29) is 0 Å². The molecule has 0 spiro atoms. The van der Waals surface area contributed by atoms with Crippen LogP contribution in [-0.4, -0.2) is 0 Å². The Bertz CT molecular complexity index is 96.0. The van der Waals surface area contributed by atoms with Crippen LogP contribution in [0.1, 0.15) is 6.42 Å². The van der Waals surface area contributed by atoms with Gasteiger partial charge in [-0.2, -0.15) is 0 Å². The maximum absolute atomic E-state index is 5.02. The summed E-state index contributed by atoms with van der Waals surface area (Å²) in [4.78, 5) is 0. The van der Waals surface area contributed by atoms with Crippen molar-refractivity contribution in [1.82, 2.24) is 0 Å². The van der Waals surface area contributed by atoms with Gasteiger partial charge in [0.1, 0.15) is 0 Å². The molecule has 0 aromatic heterocycles. The fourth-order valence-electron chi connectivity index (χ4n) is 0.393. The number of hydrogen-bond donors (Lipinski definition) is 0. The molecule has 4 heteroatoms. The molecule has 9 heavy (non-hydrogen) atoms. The molecular formula is C5H6CeCl3. The fourth-order valence-corrected chi connectivity index (χ4v) is 0.393. The molecule has 0 amide bonds. The molecule has 0 aromatic carbocycles. The van der Waals surface area contributed by atoms with Crippen molar-refractivity contribution in [3.05, 3.63) is 24.3 Å². The molecule has 0 radical (unpaired) electrons. The molecule has 0 saturated heterocycles. The molecule has 0 fully saturated rings. The van der Waals surface area contributed by atoms with Gasteiger partial charge in [0.05, 0.1) is 0 Å². The molecule has 0 nitrogen and oxygen atoms in total. The van der Waals surface area contributed by atoms with Crippen molar-refractivity contribution in [2.75, 3.05) is 0 Å². The fraction of sp³-hybridized carbons (Fsp3) is 0.200. The Morgan fingerprint density at radius 2 is 1.33 bits per heavy atom. The van der Waals surface area contributed by atoms with E-state index in [1.54, 1.807) is 0 Å². The number of hydrogen-bond acceptors (Lipinski definition) is 0. The van der Waals surface area contributed by atoms with Gasteiger partial charge in [-0.05, 0) is 6.42 Å². The first kappa shape index (κ1) is 10.7. The average Bonchev–Trinajstić information content (AvgIpc) is 2.11. The summed E-state index contributed by atoms with van der Waals surface area (Å²) in [6.07, 6.45) is 9.50. The van der Waals surface area contributed by atoms with Crippen LogP contribution >= 0.6 is 16.9 Å². The predicted molar refractivity (Wildman–Crippen MR) is 40.5 cm³/mol. The van der Waals surface area contributed by atoms with Gasteiger partial charge in [-0.15, -0.1) is 0 Å². The second-order valence-corrected chi connectivity index (χ2v) is 15.1. The predicted octanol–water partition coefficient (Wildman–Crippen LogP) is 3.57. The van der Waals surface area contributed by atoms with E-state index in [1.807, 2.05) is 0 Å².